The van der Waals surface area contributed by atoms with Crippen molar-refractivity contribution in [2.75, 3.05) is 19.1 Å². The Morgan fingerprint density at radius 2 is 1.76 bits per heavy atom. The number of ketones is 1. The highest BCUT2D eigenvalue weighted by Crippen LogP contribution is 2.56. The van der Waals surface area contributed by atoms with Gasteiger partial charge in [-0.25, -0.2) is 4.39 Å². The normalized spacial score (nSPS) is 23.5. The molecule has 0 aliphatic carbocycles. The van der Waals surface area contributed by atoms with E-state index in [9.17, 15) is 19.2 Å². The molecular formula is C29H24FN3O4. The molecule has 0 aromatic heterocycles. The Morgan fingerprint density at radius 3 is 2.41 bits per heavy atom. The minimum Gasteiger partial charge on any atom is -0.493 e. The van der Waals surface area contributed by atoms with Crippen LogP contribution in [0.2, 0.25) is 0 Å². The fourth-order valence-corrected chi connectivity index (χ4v) is 5.65. The third-order valence-electron chi connectivity index (χ3n) is 7.28. The number of halogens is 1. The number of carbonyl (C=O) groups is 2. The smallest absolute Gasteiger partial charge is 0.241 e. The molecule has 1 fully saturated rings. The molecule has 8 heteroatoms. The Balaban J connectivity index is 1.82. The van der Waals surface area contributed by atoms with E-state index in [4.69, 9.17) is 15.2 Å². The summed E-state index contributed by atoms with van der Waals surface area (Å²) in [4.78, 5) is 29.2. The highest BCUT2D eigenvalue weighted by molar-refractivity contribution is 6.06. The summed E-state index contributed by atoms with van der Waals surface area (Å²) in [6.07, 6.45) is 3.32. The Labute approximate surface area is 213 Å². The molecule has 3 aromatic carbocycles. The number of carbonyl (C=O) groups excluding carboxylic acids is 2. The number of fused-ring (bicyclic) bond motifs is 3. The minimum atomic E-state index is -1.82. The number of nitriles is 1. The van der Waals surface area contributed by atoms with Crippen molar-refractivity contribution in [2.45, 2.75) is 18.0 Å². The maximum atomic E-state index is 14.2. The van der Waals surface area contributed by atoms with Crippen LogP contribution >= 0.6 is 0 Å². The van der Waals surface area contributed by atoms with Crippen molar-refractivity contribution in [1.82, 2.24) is 0 Å². The van der Waals surface area contributed by atoms with Crippen LogP contribution in [0.15, 0.2) is 72.8 Å². The van der Waals surface area contributed by atoms with E-state index in [2.05, 4.69) is 6.07 Å². The molecule has 4 unspecified atom stereocenters. The lowest BCUT2D eigenvalue weighted by Gasteiger charge is -2.36. The summed E-state index contributed by atoms with van der Waals surface area (Å²) in [5.74, 6) is -1.74. The van der Waals surface area contributed by atoms with Crippen LogP contribution in [0.3, 0.4) is 0 Å². The number of nitrogens with zero attached hydrogens (tertiary/aromatic N) is 2. The van der Waals surface area contributed by atoms with E-state index in [0.717, 1.165) is 0 Å². The molecule has 186 valence electrons. The number of methoxy groups -OCH3 is 2. The van der Waals surface area contributed by atoms with Gasteiger partial charge in [0.25, 0.3) is 0 Å². The molecule has 0 spiro atoms. The average molecular weight is 498 g/mol. The first-order chi connectivity index (χ1) is 17.9. The van der Waals surface area contributed by atoms with Crippen molar-refractivity contribution in [2.24, 2.45) is 11.1 Å². The Bertz CT molecular complexity index is 1470. The van der Waals surface area contributed by atoms with Gasteiger partial charge in [0, 0.05) is 22.7 Å². The summed E-state index contributed by atoms with van der Waals surface area (Å²) in [6, 6.07) is 18.2. The number of anilines is 1. The standard InChI is InChI=1S/C29H24FN3O4/c1-36-22-12-8-19(15-23(22)37-2)25-26(27(34)17-6-4-3-5-7-17)33-21-11-10-20(30)14-18(21)9-13-24(33)29(25,16-31)28(32)35/h3-15,24-26H,1-2H3,(H2,32,35). The first kappa shape index (κ1) is 24.1. The number of amides is 1. The number of benzene rings is 3. The molecule has 2 N–H and O–H groups in total. The number of rotatable bonds is 6. The van der Waals surface area contributed by atoms with Gasteiger partial charge in [0.1, 0.15) is 11.9 Å². The molecule has 0 saturated carbocycles. The Hall–Kier alpha value is -4.64. The zero-order valence-electron chi connectivity index (χ0n) is 20.2. The van der Waals surface area contributed by atoms with Crippen molar-refractivity contribution in [1.29, 1.82) is 5.26 Å². The van der Waals surface area contributed by atoms with Gasteiger partial charge in [-0.2, -0.15) is 5.26 Å². The number of ether oxygens (including phenoxy) is 2. The Morgan fingerprint density at radius 1 is 1.03 bits per heavy atom. The van der Waals surface area contributed by atoms with Crippen LogP contribution < -0.4 is 20.1 Å². The fraction of sp³-hybridized carbons (Fsp3) is 0.207. The van der Waals surface area contributed by atoms with Gasteiger partial charge in [-0.1, -0.05) is 48.6 Å². The van der Waals surface area contributed by atoms with Gasteiger partial charge in [0.15, 0.2) is 22.7 Å². The van der Waals surface area contributed by atoms with Crippen LogP contribution in [-0.2, 0) is 4.79 Å². The molecule has 2 aliphatic heterocycles. The van der Waals surface area contributed by atoms with Crippen molar-refractivity contribution in [3.8, 4) is 17.6 Å². The molecule has 5 rings (SSSR count). The number of hydrogen-bond acceptors (Lipinski definition) is 6. The predicted octanol–water partition coefficient (Wildman–Crippen LogP) is 4.09. The third-order valence-corrected chi connectivity index (χ3v) is 7.28. The summed E-state index contributed by atoms with van der Waals surface area (Å²) in [5, 5.41) is 10.6. The molecular weight excluding hydrogens is 473 g/mol. The summed E-state index contributed by atoms with van der Waals surface area (Å²) < 4.78 is 25.0. The zero-order valence-corrected chi connectivity index (χ0v) is 20.2. The van der Waals surface area contributed by atoms with Gasteiger partial charge in [-0.15, -0.1) is 0 Å². The molecule has 7 nitrogen and oxygen atoms in total. The van der Waals surface area contributed by atoms with Gasteiger partial charge < -0.3 is 20.1 Å². The number of primary amides is 1. The minimum absolute atomic E-state index is 0.297. The maximum Gasteiger partial charge on any atom is 0.241 e. The first-order valence-corrected chi connectivity index (χ1v) is 11.7. The second-order valence-electron chi connectivity index (χ2n) is 9.03. The van der Waals surface area contributed by atoms with Gasteiger partial charge in [-0.3, -0.25) is 9.59 Å². The predicted molar refractivity (Wildman–Crippen MR) is 136 cm³/mol. The quantitative estimate of drug-likeness (QED) is 0.515. The van der Waals surface area contributed by atoms with Crippen LogP contribution in [0, 0.1) is 22.6 Å². The van der Waals surface area contributed by atoms with Crippen LogP contribution in [0.25, 0.3) is 6.08 Å². The Kier molecular flexibility index (Phi) is 5.92. The van der Waals surface area contributed by atoms with E-state index in [-0.39, 0.29) is 5.78 Å². The van der Waals surface area contributed by atoms with Crippen molar-refractivity contribution in [3.05, 3.63) is 95.3 Å². The summed E-state index contributed by atoms with van der Waals surface area (Å²) in [7, 11) is 2.98. The van der Waals surface area contributed by atoms with E-state index in [1.165, 1.54) is 26.4 Å². The lowest BCUT2D eigenvalue weighted by atomic mass is 9.67. The van der Waals surface area contributed by atoms with Crippen molar-refractivity contribution in [3.63, 3.8) is 0 Å². The number of nitrogens with two attached hydrogens (primary N) is 1. The van der Waals surface area contributed by atoms with Crippen LogP contribution in [0.4, 0.5) is 10.1 Å². The van der Waals surface area contributed by atoms with E-state index in [1.807, 2.05) is 0 Å². The third kappa shape index (κ3) is 3.54. The van der Waals surface area contributed by atoms with E-state index in [1.54, 1.807) is 71.6 Å². The van der Waals surface area contributed by atoms with Crippen molar-refractivity contribution >= 4 is 23.5 Å². The molecule has 37 heavy (non-hydrogen) atoms. The maximum absolute atomic E-state index is 14.2. The van der Waals surface area contributed by atoms with Crippen LogP contribution in [0.1, 0.15) is 27.4 Å². The largest absolute Gasteiger partial charge is 0.493 e. The van der Waals surface area contributed by atoms with Gasteiger partial charge >= 0.3 is 0 Å². The zero-order chi connectivity index (χ0) is 26.3. The average Bonchev–Trinajstić information content (AvgIpc) is 3.24. The highest BCUT2D eigenvalue weighted by Gasteiger charge is 2.65. The van der Waals surface area contributed by atoms with Gasteiger partial charge in [-0.05, 0) is 35.9 Å². The fourth-order valence-electron chi connectivity index (χ4n) is 5.65. The van der Waals surface area contributed by atoms with E-state index < -0.39 is 35.1 Å². The molecule has 0 radical (unpaired) electrons. The van der Waals surface area contributed by atoms with Crippen LogP contribution in [-0.4, -0.2) is 38.0 Å². The van der Waals surface area contributed by atoms with Crippen LogP contribution in [0.5, 0.6) is 11.5 Å². The van der Waals surface area contributed by atoms with Crippen molar-refractivity contribution < 1.29 is 23.5 Å². The summed E-state index contributed by atoms with van der Waals surface area (Å²) >= 11 is 0. The summed E-state index contributed by atoms with van der Waals surface area (Å²) in [5.41, 5.74) is 6.17. The summed E-state index contributed by atoms with van der Waals surface area (Å²) in [6.45, 7) is 0. The van der Waals surface area contributed by atoms with E-state index in [0.29, 0.717) is 33.9 Å². The molecule has 1 amide bonds. The van der Waals surface area contributed by atoms with E-state index >= 15 is 0 Å². The molecule has 0 bridgehead atoms. The molecule has 1 saturated heterocycles. The number of Topliss-reactive ketones (excluding diaryl/α,β-unsaturated/α-hetero) is 1. The second kappa shape index (κ2) is 9.10. The lowest BCUT2D eigenvalue weighted by Crippen LogP contribution is -2.49. The molecule has 2 aliphatic rings. The van der Waals surface area contributed by atoms with Gasteiger partial charge in [0.2, 0.25) is 5.91 Å². The van der Waals surface area contributed by atoms with Gasteiger partial charge in [0.05, 0.1) is 26.3 Å². The molecule has 4 atom stereocenters. The highest BCUT2D eigenvalue weighted by atomic mass is 19.1. The SMILES string of the molecule is COc1ccc(C2C(C(=O)c3ccccc3)N3c4ccc(F)cc4C=CC3C2(C#N)C(N)=O)cc1OC. The monoisotopic (exact) mass is 497 g/mol. The number of hydrogen-bond donors (Lipinski definition) is 1. The first-order valence-electron chi connectivity index (χ1n) is 11.7. The topological polar surface area (TPSA) is 106 Å². The molecule has 2 heterocycles. The molecule has 3 aromatic rings. The second-order valence-corrected chi connectivity index (χ2v) is 9.03. The lowest BCUT2D eigenvalue weighted by molar-refractivity contribution is -0.125.